The summed E-state index contributed by atoms with van der Waals surface area (Å²) in [5, 5.41) is 4.98. The Morgan fingerprint density at radius 2 is 0.901 bits per heavy atom. The normalized spacial score (nSPS) is 11.3. The highest BCUT2D eigenvalue weighted by Crippen LogP contribution is 2.36. The molecular formula is C62H45BrN8. The van der Waals surface area contributed by atoms with Gasteiger partial charge in [-0.2, -0.15) is 0 Å². The molecule has 340 valence electrons. The highest BCUT2D eigenvalue weighted by atomic mass is 79.9. The summed E-state index contributed by atoms with van der Waals surface area (Å²) in [6.07, 6.45) is 3.64. The fourth-order valence-electron chi connectivity index (χ4n) is 9.71. The van der Waals surface area contributed by atoms with E-state index in [9.17, 15) is 0 Å². The van der Waals surface area contributed by atoms with Crippen LogP contribution in [-0.2, 0) is 14.1 Å². The summed E-state index contributed by atoms with van der Waals surface area (Å²) < 4.78 is 7.75. The number of hydrogen-bond acceptors (Lipinski definition) is 4. The highest BCUT2D eigenvalue weighted by molar-refractivity contribution is 9.10. The summed E-state index contributed by atoms with van der Waals surface area (Å²) in [6, 6.07) is 75.4. The Balaban J connectivity index is 0.000000123. The molecule has 0 saturated heterocycles. The third-order valence-corrected chi connectivity index (χ3v) is 13.6. The number of rotatable bonds is 5. The second-order valence-electron chi connectivity index (χ2n) is 17.5. The van der Waals surface area contributed by atoms with Crippen LogP contribution in [0.15, 0.2) is 235 Å². The predicted molar refractivity (Wildman–Crippen MR) is 297 cm³/mol. The molecule has 0 aliphatic heterocycles. The summed E-state index contributed by atoms with van der Waals surface area (Å²) >= 11 is 3.43. The Kier molecular flexibility index (Phi) is 11.3. The van der Waals surface area contributed by atoms with E-state index in [-0.39, 0.29) is 0 Å². The minimum Gasteiger partial charge on any atom is -0.354 e. The van der Waals surface area contributed by atoms with Gasteiger partial charge in [-0.15, -0.1) is 0 Å². The lowest BCUT2D eigenvalue weighted by Gasteiger charge is -2.11. The molecule has 1 N–H and O–H groups in total. The fourth-order valence-corrected chi connectivity index (χ4v) is 10.1. The molecular weight excluding hydrogens is 937 g/mol. The van der Waals surface area contributed by atoms with Crippen LogP contribution < -0.4 is 0 Å². The number of nitrogens with zero attached hydrogens (tertiary/aromatic N) is 7. The molecule has 0 unspecified atom stereocenters. The van der Waals surface area contributed by atoms with Crippen molar-refractivity contribution < 1.29 is 0 Å². The molecule has 0 saturated carbocycles. The van der Waals surface area contributed by atoms with Gasteiger partial charge in [0.1, 0.15) is 11.6 Å². The molecule has 0 radical (unpaired) electrons. The standard InChI is InChI=1S/C31H22N4.C20H15N3.C11H8BrN/c1-34-29-15-5-3-13-27(29)33-31(34)22-16-17-25-24-11-2-4-14-28(24)35(30(25)20-22)23-10-8-9-21(19-23)26-12-6-7-18-32-26;1-23-19-9-5-4-8-17(19)22-20(23)13-10-11-15-14-6-2-3-7-16(14)21-18(15)12-13;12-10-5-3-4-9(8-10)11-6-1-2-7-13-11/h2-20H,1H3;2-12,21H,1H3;1-8H. The van der Waals surface area contributed by atoms with E-state index in [0.717, 1.165) is 88.6 Å². The molecule has 14 rings (SSSR count). The van der Waals surface area contributed by atoms with Crippen LogP contribution in [0.5, 0.6) is 0 Å². The Labute approximate surface area is 418 Å². The maximum Gasteiger partial charge on any atom is 0.140 e. The van der Waals surface area contributed by atoms with Gasteiger partial charge in [0, 0.05) is 91.5 Å². The summed E-state index contributed by atoms with van der Waals surface area (Å²) in [4.78, 5) is 22.1. The largest absolute Gasteiger partial charge is 0.354 e. The third kappa shape index (κ3) is 8.22. The van der Waals surface area contributed by atoms with Crippen LogP contribution in [0.3, 0.4) is 0 Å². The van der Waals surface area contributed by atoms with Gasteiger partial charge in [-0.05, 0) is 97.1 Å². The number of para-hydroxylation sites is 6. The number of pyridine rings is 2. The minimum absolute atomic E-state index is 0.965. The van der Waals surface area contributed by atoms with Gasteiger partial charge in [-0.1, -0.05) is 137 Å². The van der Waals surface area contributed by atoms with E-state index in [1.54, 1.807) is 6.20 Å². The van der Waals surface area contributed by atoms with Crippen molar-refractivity contribution in [3.05, 3.63) is 235 Å². The van der Waals surface area contributed by atoms with Crippen molar-refractivity contribution in [3.8, 4) is 51.0 Å². The van der Waals surface area contributed by atoms with Crippen LogP contribution in [0, 0.1) is 0 Å². The first kappa shape index (κ1) is 43.4. The average molecular weight is 982 g/mol. The van der Waals surface area contributed by atoms with Crippen LogP contribution in [0.25, 0.3) is 117 Å². The molecule has 9 heteroatoms. The predicted octanol–water partition coefficient (Wildman–Crippen LogP) is 15.8. The number of H-pyrrole nitrogens is 1. The van der Waals surface area contributed by atoms with E-state index < -0.39 is 0 Å². The molecule has 0 atom stereocenters. The Morgan fingerprint density at radius 3 is 1.54 bits per heavy atom. The van der Waals surface area contributed by atoms with Gasteiger partial charge >= 0.3 is 0 Å². The van der Waals surface area contributed by atoms with Gasteiger partial charge < -0.3 is 18.7 Å². The molecule has 0 amide bonds. The van der Waals surface area contributed by atoms with E-state index in [1.807, 2.05) is 66.9 Å². The van der Waals surface area contributed by atoms with Gasteiger partial charge in [0.2, 0.25) is 0 Å². The zero-order valence-corrected chi connectivity index (χ0v) is 40.5. The average Bonchev–Trinajstić information content (AvgIpc) is 4.18. The smallest absolute Gasteiger partial charge is 0.140 e. The lowest BCUT2D eigenvalue weighted by Crippen LogP contribution is -1.96. The maximum absolute atomic E-state index is 4.94. The van der Waals surface area contributed by atoms with E-state index >= 15 is 0 Å². The van der Waals surface area contributed by atoms with Crippen molar-refractivity contribution in [2.75, 3.05) is 0 Å². The van der Waals surface area contributed by atoms with E-state index in [1.165, 1.54) is 32.6 Å². The molecule has 0 aliphatic carbocycles. The number of aromatic nitrogens is 8. The quantitative estimate of drug-likeness (QED) is 0.186. The second-order valence-corrected chi connectivity index (χ2v) is 18.4. The van der Waals surface area contributed by atoms with Crippen LogP contribution in [0.4, 0.5) is 0 Å². The molecule has 0 aliphatic rings. The van der Waals surface area contributed by atoms with Crippen LogP contribution in [-0.4, -0.2) is 38.6 Å². The second kappa shape index (κ2) is 18.5. The number of fused-ring (bicyclic) bond motifs is 8. The van der Waals surface area contributed by atoms with Gasteiger partial charge in [-0.3, -0.25) is 9.97 Å². The van der Waals surface area contributed by atoms with Gasteiger partial charge in [0.25, 0.3) is 0 Å². The Bertz CT molecular complexity index is 4220. The molecule has 6 heterocycles. The summed E-state index contributed by atoms with van der Waals surface area (Å²) in [7, 11) is 4.15. The Morgan fingerprint density at radius 1 is 0.380 bits per heavy atom. The van der Waals surface area contributed by atoms with Crippen LogP contribution in [0.2, 0.25) is 0 Å². The number of hydrogen-bond donors (Lipinski definition) is 1. The highest BCUT2D eigenvalue weighted by Gasteiger charge is 2.17. The van der Waals surface area contributed by atoms with E-state index in [4.69, 9.17) is 9.97 Å². The first-order chi connectivity index (χ1) is 34.9. The number of benzene rings is 8. The molecule has 6 aromatic heterocycles. The molecule has 8 nitrogen and oxygen atoms in total. The number of imidazole rings is 2. The number of nitrogens with one attached hydrogen (secondary N) is 1. The van der Waals surface area contributed by atoms with Gasteiger partial charge in [-0.25, -0.2) is 9.97 Å². The lowest BCUT2D eigenvalue weighted by atomic mass is 10.1. The monoisotopic (exact) mass is 980 g/mol. The zero-order chi connectivity index (χ0) is 47.8. The number of halogens is 1. The van der Waals surface area contributed by atoms with E-state index in [0.29, 0.717) is 0 Å². The van der Waals surface area contributed by atoms with Crippen LogP contribution >= 0.6 is 15.9 Å². The van der Waals surface area contributed by atoms with Crippen molar-refractivity contribution in [2.24, 2.45) is 14.1 Å². The molecule has 14 aromatic rings. The molecule has 71 heavy (non-hydrogen) atoms. The Hall–Kier alpha value is -8.92. The first-order valence-corrected chi connectivity index (χ1v) is 24.3. The van der Waals surface area contributed by atoms with E-state index in [2.05, 4.69) is 216 Å². The van der Waals surface area contributed by atoms with Crippen molar-refractivity contribution in [3.63, 3.8) is 0 Å². The van der Waals surface area contributed by atoms with Gasteiger partial charge in [0.05, 0.1) is 44.5 Å². The van der Waals surface area contributed by atoms with Crippen molar-refractivity contribution >= 4 is 81.6 Å². The zero-order valence-electron chi connectivity index (χ0n) is 38.9. The minimum atomic E-state index is 0.965. The summed E-state index contributed by atoms with van der Waals surface area (Å²) in [5.41, 5.74) is 16.5. The maximum atomic E-state index is 4.94. The van der Waals surface area contributed by atoms with Crippen molar-refractivity contribution in [1.82, 2.24) is 38.6 Å². The van der Waals surface area contributed by atoms with Crippen molar-refractivity contribution in [2.45, 2.75) is 0 Å². The van der Waals surface area contributed by atoms with Crippen molar-refractivity contribution in [1.29, 1.82) is 0 Å². The lowest BCUT2D eigenvalue weighted by molar-refractivity contribution is 0.959. The number of aromatic amines is 1. The summed E-state index contributed by atoms with van der Waals surface area (Å²) in [6.45, 7) is 0. The third-order valence-electron chi connectivity index (χ3n) is 13.1. The van der Waals surface area contributed by atoms with Crippen LogP contribution in [0.1, 0.15) is 0 Å². The summed E-state index contributed by atoms with van der Waals surface area (Å²) in [5.74, 6) is 1.96. The topological polar surface area (TPSA) is 82.1 Å². The van der Waals surface area contributed by atoms with Gasteiger partial charge in [0.15, 0.2) is 0 Å². The fraction of sp³-hybridized carbons (Fsp3) is 0.0323. The SMILES string of the molecule is Brc1cccc(-c2ccccn2)c1.Cn1c(-c2ccc3c(c2)[nH]c2ccccc23)nc2ccccc21.Cn1c(-c2ccc3c4ccccc4n(-c4cccc(-c5ccccn5)c4)c3c2)nc2ccccc21. The molecule has 0 spiro atoms. The number of aryl methyl sites for hydroxylation is 2. The first-order valence-electron chi connectivity index (χ1n) is 23.5. The molecule has 8 aromatic carbocycles. The molecule has 0 fully saturated rings. The molecule has 0 bridgehead atoms.